The van der Waals surface area contributed by atoms with Crippen LogP contribution in [-0.4, -0.2) is 58.1 Å². The minimum absolute atomic E-state index is 0.0241. The summed E-state index contributed by atoms with van der Waals surface area (Å²) in [5.41, 5.74) is 0.832. The van der Waals surface area contributed by atoms with Gasteiger partial charge >= 0.3 is 0 Å². The SMILES string of the molecule is CC(=O)N(C)CCN(C)c1cncc(Oc2ccc(-c3noc(C)n3)cc2)n1. The van der Waals surface area contributed by atoms with Crippen LogP contribution in [0.15, 0.2) is 41.2 Å². The highest BCUT2D eigenvalue weighted by Crippen LogP contribution is 2.24. The molecule has 0 aliphatic heterocycles. The van der Waals surface area contributed by atoms with E-state index in [2.05, 4.69) is 20.1 Å². The van der Waals surface area contributed by atoms with Crippen molar-refractivity contribution in [1.82, 2.24) is 25.0 Å². The molecule has 28 heavy (non-hydrogen) atoms. The van der Waals surface area contributed by atoms with Crippen LogP contribution < -0.4 is 9.64 Å². The van der Waals surface area contributed by atoms with Gasteiger partial charge in [-0.2, -0.15) is 9.97 Å². The molecule has 0 saturated heterocycles. The van der Waals surface area contributed by atoms with E-state index in [0.29, 0.717) is 42.3 Å². The molecule has 0 radical (unpaired) electrons. The van der Waals surface area contributed by atoms with E-state index >= 15 is 0 Å². The number of hydrogen-bond donors (Lipinski definition) is 0. The number of ether oxygens (including phenoxy) is 1. The van der Waals surface area contributed by atoms with Gasteiger partial charge in [0.2, 0.25) is 23.5 Å². The standard InChI is InChI=1S/C19H22N6O3/c1-13-21-19(23-28-13)15-5-7-16(8-6-15)27-18-12-20-11-17(22-18)25(4)10-9-24(3)14(2)26/h5-8,11-12H,9-10H2,1-4H3. The van der Waals surface area contributed by atoms with Gasteiger partial charge < -0.3 is 19.1 Å². The van der Waals surface area contributed by atoms with Crippen molar-refractivity contribution in [2.24, 2.45) is 0 Å². The minimum atomic E-state index is 0.0241. The van der Waals surface area contributed by atoms with Crippen LogP contribution in [0.2, 0.25) is 0 Å². The van der Waals surface area contributed by atoms with Gasteiger partial charge in [0, 0.05) is 46.6 Å². The molecule has 9 heteroatoms. The number of aromatic nitrogens is 4. The molecule has 0 unspecified atom stereocenters. The van der Waals surface area contributed by atoms with Gasteiger partial charge in [-0.25, -0.2) is 0 Å². The van der Waals surface area contributed by atoms with Crippen molar-refractivity contribution in [3.8, 4) is 23.0 Å². The van der Waals surface area contributed by atoms with Gasteiger partial charge in [-0.1, -0.05) is 5.16 Å². The quantitative estimate of drug-likeness (QED) is 0.615. The fourth-order valence-electron chi connectivity index (χ4n) is 2.35. The molecule has 0 saturated carbocycles. The van der Waals surface area contributed by atoms with Gasteiger partial charge in [-0.05, 0) is 24.3 Å². The van der Waals surface area contributed by atoms with E-state index in [9.17, 15) is 4.79 Å². The summed E-state index contributed by atoms with van der Waals surface area (Å²) in [6.45, 7) is 4.51. The molecule has 0 spiro atoms. The first-order valence-electron chi connectivity index (χ1n) is 8.76. The minimum Gasteiger partial charge on any atom is -0.437 e. The van der Waals surface area contributed by atoms with Crippen molar-refractivity contribution >= 4 is 11.7 Å². The molecule has 0 aliphatic carbocycles. The lowest BCUT2D eigenvalue weighted by Gasteiger charge is -2.22. The van der Waals surface area contributed by atoms with E-state index < -0.39 is 0 Å². The summed E-state index contributed by atoms with van der Waals surface area (Å²) in [4.78, 5) is 27.7. The van der Waals surface area contributed by atoms with E-state index in [4.69, 9.17) is 9.26 Å². The average Bonchev–Trinajstić information content (AvgIpc) is 3.13. The van der Waals surface area contributed by atoms with Crippen LogP contribution >= 0.6 is 0 Å². The van der Waals surface area contributed by atoms with Gasteiger partial charge in [-0.3, -0.25) is 9.78 Å². The molecule has 0 bridgehead atoms. The van der Waals surface area contributed by atoms with E-state index in [1.165, 1.54) is 0 Å². The Morgan fingerprint density at radius 3 is 2.50 bits per heavy atom. The number of amides is 1. The average molecular weight is 382 g/mol. The zero-order valence-electron chi connectivity index (χ0n) is 16.3. The van der Waals surface area contributed by atoms with Crippen LogP contribution in [-0.2, 0) is 4.79 Å². The molecular formula is C19H22N6O3. The van der Waals surface area contributed by atoms with Gasteiger partial charge in [-0.15, -0.1) is 0 Å². The smallest absolute Gasteiger partial charge is 0.239 e. The Kier molecular flexibility index (Phi) is 5.83. The second-order valence-corrected chi connectivity index (χ2v) is 6.34. The third-order valence-corrected chi connectivity index (χ3v) is 4.16. The molecule has 0 N–H and O–H groups in total. The summed E-state index contributed by atoms with van der Waals surface area (Å²) in [6.07, 6.45) is 3.21. The van der Waals surface area contributed by atoms with Crippen LogP contribution in [0.4, 0.5) is 5.82 Å². The summed E-state index contributed by atoms with van der Waals surface area (Å²) in [7, 11) is 3.66. The van der Waals surface area contributed by atoms with Crippen LogP contribution in [0.1, 0.15) is 12.8 Å². The van der Waals surface area contributed by atoms with Crippen molar-refractivity contribution in [3.63, 3.8) is 0 Å². The molecule has 3 aromatic rings. The van der Waals surface area contributed by atoms with E-state index in [1.807, 2.05) is 24.1 Å². The first-order valence-corrected chi connectivity index (χ1v) is 8.76. The Labute approximate surface area is 163 Å². The molecule has 0 atom stereocenters. The normalized spacial score (nSPS) is 10.6. The lowest BCUT2D eigenvalue weighted by molar-refractivity contribution is -0.127. The molecular weight excluding hydrogens is 360 g/mol. The highest BCUT2D eigenvalue weighted by molar-refractivity contribution is 5.72. The summed E-state index contributed by atoms with van der Waals surface area (Å²) < 4.78 is 10.8. The summed E-state index contributed by atoms with van der Waals surface area (Å²) in [6, 6.07) is 7.31. The zero-order valence-corrected chi connectivity index (χ0v) is 16.3. The first kappa shape index (κ1) is 19.3. The Hall–Kier alpha value is -3.49. The van der Waals surface area contributed by atoms with E-state index in [-0.39, 0.29) is 5.91 Å². The summed E-state index contributed by atoms with van der Waals surface area (Å²) >= 11 is 0. The van der Waals surface area contributed by atoms with Crippen molar-refractivity contribution in [2.75, 3.05) is 32.1 Å². The topological polar surface area (TPSA) is 97.5 Å². The van der Waals surface area contributed by atoms with Crippen molar-refractivity contribution in [2.45, 2.75) is 13.8 Å². The van der Waals surface area contributed by atoms with Crippen molar-refractivity contribution in [3.05, 3.63) is 42.5 Å². The molecule has 2 aromatic heterocycles. The highest BCUT2D eigenvalue weighted by atomic mass is 16.5. The Bertz CT molecular complexity index is 941. The molecule has 0 aliphatic rings. The number of anilines is 1. The largest absolute Gasteiger partial charge is 0.437 e. The van der Waals surface area contributed by atoms with Gasteiger partial charge in [0.15, 0.2) is 5.82 Å². The molecule has 1 aromatic carbocycles. The molecule has 1 amide bonds. The predicted molar refractivity (Wildman–Crippen MR) is 103 cm³/mol. The third-order valence-electron chi connectivity index (χ3n) is 4.16. The predicted octanol–water partition coefficient (Wildman–Crippen LogP) is 2.54. The highest BCUT2D eigenvalue weighted by Gasteiger charge is 2.10. The van der Waals surface area contributed by atoms with Crippen LogP contribution in [0, 0.1) is 6.92 Å². The maximum absolute atomic E-state index is 11.3. The first-order chi connectivity index (χ1) is 13.4. The van der Waals surface area contributed by atoms with Crippen LogP contribution in [0.25, 0.3) is 11.4 Å². The maximum Gasteiger partial charge on any atom is 0.239 e. The summed E-state index contributed by atoms with van der Waals surface area (Å²) in [5, 5.41) is 3.89. The zero-order chi connectivity index (χ0) is 20.1. The fraction of sp³-hybridized carbons (Fsp3) is 0.316. The van der Waals surface area contributed by atoms with Crippen molar-refractivity contribution < 1.29 is 14.1 Å². The van der Waals surface area contributed by atoms with Crippen LogP contribution in [0.3, 0.4) is 0 Å². The van der Waals surface area contributed by atoms with Crippen LogP contribution in [0.5, 0.6) is 11.6 Å². The van der Waals surface area contributed by atoms with Gasteiger partial charge in [0.1, 0.15) is 5.75 Å². The second-order valence-electron chi connectivity index (χ2n) is 6.34. The Balaban J connectivity index is 1.64. The van der Waals surface area contributed by atoms with E-state index in [1.54, 1.807) is 50.3 Å². The number of carbonyl (C=O) groups is 1. The molecule has 9 nitrogen and oxygen atoms in total. The molecule has 0 fully saturated rings. The van der Waals surface area contributed by atoms with Gasteiger partial charge in [0.25, 0.3) is 0 Å². The number of likely N-dealkylation sites (N-methyl/N-ethyl adjacent to an activating group) is 2. The fourth-order valence-corrected chi connectivity index (χ4v) is 2.35. The Morgan fingerprint density at radius 2 is 1.86 bits per heavy atom. The molecule has 146 valence electrons. The second kappa shape index (κ2) is 8.47. The third kappa shape index (κ3) is 4.81. The lowest BCUT2D eigenvalue weighted by atomic mass is 10.2. The molecule has 3 rings (SSSR count). The lowest BCUT2D eigenvalue weighted by Crippen LogP contribution is -2.33. The number of nitrogens with zero attached hydrogens (tertiary/aromatic N) is 6. The molecule has 2 heterocycles. The number of aryl methyl sites for hydroxylation is 1. The Morgan fingerprint density at radius 1 is 1.11 bits per heavy atom. The van der Waals surface area contributed by atoms with Crippen molar-refractivity contribution in [1.29, 1.82) is 0 Å². The van der Waals surface area contributed by atoms with E-state index in [0.717, 1.165) is 5.56 Å². The number of hydrogen-bond acceptors (Lipinski definition) is 8. The number of rotatable bonds is 7. The number of carbonyl (C=O) groups excluding carboxylic acids is 1. The number of benzene rings is 1. The monoisotopic (exact) mass is 382 g/mol. The van der Waals surface area contributed by atoms with Gasteiger partial charge in [0.05, 0.1) is 12.4 Å². The summed E-state index contributed by atoms with van der Waals surface area (Å²) in [5.74, 6) is 2.73. The maximum atomic E-state index is 11.3.